The molecule has 0 bridgehead atoms. The minimum absolute atomic E-state index is 0.337. The van der Waals surface area contributed by atoms with Crippen LogP contribution in [0.15, 0.2) is 30.6 Å². The van der Waals surface area contributed by atoms with Crippen molar-refractivity contribution in [1.82, 2.24) is 0 Å². The molecule has 0 saturated heterocycles. The minimum atomic E-state index is -0.658. The van der Waals surface area contributed by atoms with Crippen molar-refractivity contribution in [3.05, 3.63) is 30.6 Å². The summed E-state index contributed by atoms with van der Waals surface area (Å²) in [5.41, 5.74) is 0. The zero-order valence-electron chi connectivity index (χ0n) is 15.3. The first-order chi connectivity index (χ1) is 11.8. The van der Waals surface area contributed by atoms with Gasteiger partial charge in [0.25, 0.3) is 0 Å². The summed E-state index contributed by atoms with van der Waals surface area (Å²) in [4.78, 5) is 10.4. The van der Waals surface area contributed by atoms with Gasteiger partial charge in [-0.1, -0.05) is 70.3 Å². The van der Waals surface area contributed by atoms with E-state index in [9.17, 15) is 4.79 Å². The molecule has 0 spiro atoms. The van der Waals surface area contributed by atoms with Gasteiger partial charge in [0.2, 0.25) is 0 Å². The Morgan fingerprint density at radius 1 is 0.625 bits per heavy atom. The van der Waals surface area contributed by atoms with Gasteiger partial charge in [0.15, 0.2) is 12.4 Å². The highest BCUT2D eigenvalue weighted by molar-refractivity contribution is 5.66. The summed E-state index contributed by atoms with van der Waals surface area (Å²) in [6, 6.07) is 6.25. The van der Waals surface area contributed by atoms with Crippen LogP contribution < -0.4 is 4.57 Å². The zero-order valence-corrected chi connectivity index (χ0v) is 15.3. The number of nitrogens with zero attached hydrogens (tertiary/aromatic N) is 1. The number of carbonyl (C=O) groups is 1. The van der Waals surface area contributed by atoms with Gasteiger partial charge in [-0.2, -0.15) is 0 Å². The fourth-order valence-electron chi connectivity index (χ4n) is 3.10. The molecule has 0 fully saturated rings. The molecule has 0 aliphatic heterocycles. The van der Waals surface area contributed by atoms with Crippen molar-refractivity contribution < 1.29 is 14.5 Å². The molecule has 1 aromatic rings. The Bertz CT molecular complexity index is 406. The number of pyridine rings is 1. The van der Waals surface area contributed by atoms with E-state index in [1.54, 1.807) is 0 Å². The van der Waals surface area contributed by atoms with Crippen LogP contribution in [0.4, 0.5) is 0 Å². The maximum absolute atomic E-state index is 10.4. The fraction of sp³-hybridized carbons (Fsp3) is 0.714. The molecule has 0 amide bonds. The predicted molar refractivity (Wildman–Crippen MR) is 98.9 cm³/mol. The fourth-order valence-corrected chi connectivity index (χ4v) is 3.10. The zero-order chi connectivity index (χ0) is 17.3. The second-order valence-electron chi connectivity index (χ2n) is 6.85. The van der Waals surface area contributed by atoms with Gasteiger partial charge in [-0.05, 0) is 12.8 Å². The molecule has 0 aromatic carbocycles. The molecule has 0 radical (unpaired) electrons. The second kappa shape index (κ2) is 15.2. The standard InChI is InChI=1S/C21H35NO2/c23-21(24)17-13-10-8-6-4-2-1-3-5-7-9-11-14-18-22-19-15-12-16-20-22/h12,15-16,19-20H,1-11,13-14,17-18H2/p+1. The number of aromatic nitrogens is 1. The summed E-state index contributed by atoms with van der Waals surface area (Å²) in [7, 11) is 0. The lowest BCUT2D eigenvalue weighted by Crippen LogP contribution is -2.32. The lowest BCUT2D eigenvalue weighted by atomic mass is 10.0. The highest BCUT2D eigenvalue weighted by atomic mass is 16.4. The van der Waals surface area contributed by atoms with E-state index < -0.39 is 5.97 Å². The van der Waals surface area contributed by atoms with Gasteiger partial charge in [0.05, 0.1) is 0 Å². The van der Waals surface area contributed by atoms with Gasteiger partial charge in [-0.25, -0.2) is 4.57 Å². The average molecular weight is 335 g/mol. The van der Waals surface area contributed by atoms with Gasteiger partial charge in [0.1, 0.15) is 6.54 Å². The van der Waals surface area contributed by atoms with Crippen molar-refractivity contribution in [3.63, 3.8) is 0 Å². The molecule has 24 heavy (non-hydrogen) atoms. The Labute approximate surface area is 148 Å². The molecule has 0 atom stereocenters. The van der Waals surface area contributed by atoms with Crippen LogP contribution in [-0.4, -0.2) is 11.1 Å². The summed E-state index contributed by atoms with van der Waals surface area (Å²) >= 11 is 0. The number of hydrogen-bond donors (Lipinski definition) is 1. The highest BCUT2D eigenvalue weighted by Gasteiger charge is 1.98. The third-order valence-corrected chi connectivity index (χ3v) is 4.58. The molecule has 0 aliphatic carbocycles. The van der Waals surface area contributed by atoms with Gasteiger partial charge >= 0.3 is 5.97 Å². The molecule has 1 rings (SSSR count). The Morgan fingerprint density at radius 3 is 1.50 bits per heavy atom. The van der Waals surface area contributed by atoms with E-state index in [1.165, 1.54) is 70.6 Å². The van der Waals surface area contributed by atoms with E-state index in [-0.39, 0.29) is 0 Å². The number of hydrogen-bond acceptors (Lipinski definition) is 1. The molecular formula is C21H36NO2+. The summed E-state index contributed by atoms with van der Waals surface area (Å²) in [6.45, 7) is 1.15. The normalized spacial score (nSPS) is 10.8. The number of unbranched alkanes of at least 4 members (excludes halogenated alkanes) is 12. The molecule has 1 N–H and O–H groups in total. The third-order valence-electron chi connectivity index (χ3n) is 4.58. The lowest BCUT2D eigenvalue weighted by molar-refractivity contribution is -0.697. The van der Waals surface area contributed by atoms with Crippen LogP contribution in [0.3, 0.4) is 0 Å². The van der Waals surface area contributed by atoms with Gasteiger partial charge in [0, 0.05) is 25.0 Å². The first-order valence-electron chi connectivity index (χ1n) is 9.95. The molecule has 1 heterocycles. The largest absolute Gasteiger partial charge is 0.481 e. The van der Waals surface area contributed by atoms with Crippen LogP contribution in [0, 0.1) is 0 Å². The maximum atomic E-state index is 10.4. The van der Waals surface area contributed by atoms with Crippen molar-refractivity contribution in [2.45, 2.75) is 96.4 Å². The van der Waals surface area contributed by atoms with Crippen molar-refractivity contribution in [2.24, 2.45) is 0 Å². The van der Waals surface area contributed by atoms with E-state index in [0.717, 1.165) is 19.4 Å². The molecule has 0 unspecified atom stereocenters. The first-order valence-corrected chi connectivity index (χ1v) is 9.95. The Morgan fingerprint density at radius 2 is 1.04 bits per heavy atom. The Balaban J connectivity index is 1.72. The number of aliphatic carboxylic acids is 1. The SMILES string of the molecule is O=C(O)CCCCCCCCCCCCCCC[n+]1ccccc1. The lowest BCUT2D eigenvalue weighted by Gasteiger charge is -2.03. The van der Waals surface area contributed by atoms with Crippen LogP contribution in [0.2, 0.25) is 0 Å². The Kier molecular flexibility index (Phi) is 13.1. The van der Waals surface area contributed by atoms with E-state index in [2.05, 4.69) is 35.2 Å². The molecule has 3 nitrogen and oxygen atoms in total. The van der Waals surface area contributed by atoms with Gasteiger partial charge < -0.3 is 5.11 Å². The molecule has 0 saturated carbocycles. The summed E-state index contributed by atoms with van der Waals surface area (Å²) in [5.74, 6) is -0.658. The molecular weight excluding hydrogens is 298 g/mol. The maximum Gasteiger partial charge on any atom is 0.303 e. The van der Waals surface area contributed by atoms with E-state index in [0.29, 0.717) is 6.42 Å². The predicted octanol–water partition coefficient (Wildman–Crippen LogP) is 5.52. The highest BCUT2D eigenvalue weighted by Crippen LogP contribution is 2.12. The van der Waals surface area contributed by atoms with Crippen LogP contribution >= 0.6 is 0 Å². The van der Waals surface area contributed by atoms with Crippen LogP contribution in [0.5, 0.6) is 0 Å². The number of rotatable bonds is 16. The minimum Gasteiger partial charge on any atom is -0.481 e. The Hall–Kier alpha value is -1.38. The van der Waals surface area contributed by atoms with E-state index in [4.69, 9.17) is 5.11 Å². The van der Waals surface area contributed by atoms with Crippen molar-refractivity contribution >= 4 is 5.97 Å². The molecule has 3 heteroatoms. The third kappa shape index (κ3) is 13.1. The van der Waals surface area contributed by atoms with Crippen LogP contribution in [-0.2, 0) is 11.3 Å². The number of aryl methyl sites for hydroxylation is 1. The number of carboxylic acids is 1. The molecule has 1 aromatic heterocycles. The van der Waals surface area contributed by atoms with Crippen molar-refractivity contribution in [3.8, 4) is 0 Å². The monoisotopic (exact) mass is 334 g/mol. The van der Waals surface area contributed by atoms with E-state index >= 15 is 0 Å². The van der Waals surface area contributed by atoms with Gasteiger partial charge in [-0.15, -0.1) is 0 Å². The number of carboxylic acid groups (broad SMARTS) is 1. The quantitative estimate of drug-likeness (QED) is 0.319. The van der Waals surface area contributed by atoms with Gasteiger partial charge in [-0.3, -0.25) is 4.79 Å². The summed E-state index contributed by atoms with van der Waals surface area (Å²) in [5, 5.41) is 8.56. The van der Waals surface area contributed by atoms with Crippen LogP contribution in [0.1, 0.15) is 89.9 Å². The van der Waals surface area contributed by atoms with Crippen LogP contribution in [0.25, 0.3) is 0 Å². The first kappa shape index (κ1) is 20.7. The average Bonchev–Trinajstić information content (AvgIpc) is 2.59. The molecule has 136 valence electrons. The summed E-state index contributed by atoms with van der Waals surface area (Å²) in [6.07, 6.45) is 21.2. The smallest absolute Gasteiger partial charge is 0.303 e. The second-order valence-corrected chi connectivity index (χ2v) is 6.85. The molecule has 0 aliphatic rings. The van der Waals surface area contributed by atoms with Crippen molar-refractivity contribution in [1.29, 1.82) is 0 Å². The van der Waals surface area contributed by atoms with Crippen molar-refractivity contribution in [2.75, 3.05) is 0 Å². The topological polar surface area (TPSA) is 41.2 Å². The van der Waals surface area contributed by atoms with E-state index in [1.807, 2.05) is 0 Å². The summed E-state index contributed by atoms with van der Waals surface area (Å²) < 4.78 is 2.27.